The van der Waals surface area contributed by atoms with Gasteiger partial charge in [0.25, 0.3) is 0 Å². The van der Waals surface area contributed by atoms with E-state index in [0.29, 0.717) is 23.7 Å². The van der Waals surface area contributed by atoms with Crippen molar-refractivity contribution in [1.82, 2.24) is 5.32 Å². The Bertz CT molecular complexity index is 1400. The Hall–Kier alpha value is -4.10. The first-order valence-corrected chi connectivity index (χ1v) is 12.8. The molecule has 4 aromatic carbocycles. The normalized spacial score (nSPS) is 15.4. The van der Waals surface area contributed by atoms with Crippen molar-refractivity contribution < 1.29 is 23.4 Å². The van der Waals surface area contributed by atoms with Gasteiger partial charge in [0.15, 0.2) is 12.4 Å². The van der Waals surface area contributed by atoms with E-state index in [9.17, 15) is 9.18 Å². The summed E-state index contributed by atoms with van der Waals surface area (Å²) in [5, 5.41) is 6.11. The fourth-order valence-electron chi connectivity index (χ4n) is 4.87. The lowest BCUT2D eigenvalue weighted by atomic mass is 9.99. The molecule has 196 valence electrons. The van der Waals surface area contributed by atoms with E-state index >= 15 is 0 Å². The number of nitrogens with zero attached hydrogens (tertiary/aromatic N) is 1. The van der Waals surface area contributed by atoms with Crippen molar-refractivity contribution in [3.05, 3.63) is 96.3 Å². The van der Waals surface area contributed by atoms with Crippen molar-refractivity contribution in [2.24, 2.45) is 0 Å². The van der Waals surface area contributed by atoms with Gasteiger partial charge in [-0.2, -0.15) is 0 Å². The molecule has 5 rings (SSSR count). The Kier molecular flexibility index (Phi) is 7.75. The Morgan fingerprint density at radius 1 is 1.05 bits per heavy atom. The second-order valence-corrected chi connectivity index (χ2v) is 9.33. The van der Waals surface area contributed by atoms with E-state index in [4.69, 9.17) is 9.47 Å². The number of esters is 1. The maximum atomic E-state index is 14.9. The number of carbonyl (C=O) groups is 1. The van der Waals surface area contributed by atoms with Crippen molar-refractivity contribution in [1.29, 1.82) is 0 Å². The minimum atomic E-state index is -0.454. The van der Waals surface area contributed by atoms with Crippen LogP contribution >= 0.6 is 0 Å². The molecule has 7 heteroatoms. The molecule has 0 saturated carbocycles. The van der Waals surface area contributed by atoms with E-state index in [2.05, 4.69) is 59.4 Å². The number of hydrogen-bond donors (Lipinski definition) is 1. The summed E-state index contributed by atoms with van der Waals surface area (Å²) in [5.74, 6) is 0.262. The largest absolute Gasteiger partial charge is 0.486 e. The van der Waals surface area contributed by atoms with Gasteiger partial charge in [0.1, 0.15) is 23.3 Å². The molecule has 6 nitrogen and oxygen atoms in total. The summed E-state index contributed by atoms with van der Waals surface area (Å²) in [4.78, 5) is 13.3. The molecule has 2 atom stereocenters. The highest BCUT2D eigenvalue weighted by Gasteiger charge is 2.29. The summed E-state index contributed by atoms with van der Waals surface area (Å²) in [6.07, 6.45) is 0.619. The standard InChI is InChI=1S/C31H31FN2O4/c1-21(26-10-5-8-22-7-3-4-9-27(22)26)33-18-17-25-19-34(31-28(32)11-6-12-29(31)38-25)23-13-15-24(16-14-23)37-20-30(35)36-2/h3-16,21,25,33H,17-20H2,1-2H3. The Morgan fingerprint density at radius 3 is 2.63 bits per heavy atom. The van der Waals surface area contributed by atoms with Gasteiger partial charge in [-0.05, 0) is 72.6 Å². The highest BCUT2D eigenvalue weighted by molar-refractivity contribution is 5.86. The van der Waals surface area contributed by atoms with E-state index in [-0.39, 0.29) is 24.6 Å². The summed E-state index contributed by atoms with van der Waals surface area (Å²) < 4.78 is 31.2. The number of fused-ring (bicyclic) bond motifs is 2. The van der Waals surface area contributed by atoms with Gasteiger partial charge in [0, 0.05) is 11.7 Å². The van der Waals surface area contributed by atoms with Crippen LogP contribution in [0.5, 0.6) is 11.5 Å². The lowest BCUT2D eigenvalue weighted by Crippen LogP contribution is -2.39. The van der Waals surface area contributed by atoms with E-state index in [1.54, 1.807) is 24.3 Å². The first-order valence-electron chi connectivity index (χ1n) is 12.8. The molecular weight excluding hydrogens is 483 g/mol. The van der Waals surface area contributed by atoms with Gasteiger partial charge in [-0.1, -0.05) is 48.5 Å². The fraction of sp³-hybridized carbons (Fsp3) is 0.258. The second kappa shape index (κ2) is 11.5. The van der Waals surface area contributed by atoms with Crippen LogP contribution in [0.3, 0.4) is 0 Å². The van der Waals surface area contributed by atoms with Gasteiger partial charge >= 0.3 is 5.97 Å². The number of halogens is 1. The maximum Gasteiger partial charge on any atom is 0.343 e. The van der Waals surface area contributed by atoms with Crippen LogP contribution in [0, 0.1) is 5.82 Å². The predicted octanol–water partition coefficient (Wildman–Crippen LogP) is 6.17. The first kappa shape index (κ1) is 25.5. The monoisotopic (exact) mass is 514 g/mol. The summed E-state index contributed by atoms with van der Waals surface area (Å²) in [6, 6.07) is 27.1. The van der Waals surface area contributed by atoms with E-state index in [0.717, 1.165) is 18.7 Å². The number of carbonyl (C=O) groups excluding carboxylic acids is 1. The number of methoxy groups -OCH3 is 1. The maximum absolute atomic E-state index is 14.9. The number of anilines is 2. The number of ether oxygens (including phenoxy) is 3. The van der Waals surface area contributed by atoms with Gasteiger partial charge in [0.2, 0.25) is 0 Å². The molecule has 0 saturated heterocycles. The third kappa shape index (κ3) is 5.58. The molecule has 0 amide bonds. The Labute approximate surface area is 221 Å². The molecule has 1 N–H and O–H groups in total. The average molecular weight is 515 g/mol. The summed E-state index contributed by atoms with van der Waals surface area (Å²) in [5.41, 5.74) is 2.49. The first-order chi connectivity index (χ1) is 18.5. The van der Waals surface area contributed by atoms with E-state index in [1.807, 2.05) is 17.0 Å². The van der Waals surface area contributed by atoms with E-state index in [1.165, 1.54) is 29.5 Å². The molecule has 0 spiro atoms. The SMILES string of the molecule is COC(=O)COc1ccc(N2CC(CCNC(C)c3cccc4ccccc34)Oc3cccc(F)c32)cc1. The third-order valence-electron chi connectivity index (χ3n) is 6.84. The van der Waals surface area contributed by atoms with Crippen LogP contribution < -0.4 is 19.7 Å². The highest BCUT2D eigenvalue weighted by atomic mass is 19.1. The predicted molar refractivity (Wildman–Crippen MR) is 147 cm³/mol. The number of hydrogen-bond acceptors (Lipinski definition) is 6. The quantitative estimate of drug-likeness (QED) is 0.270. The number of nitrogens with one attached hydrogen (secondary N) is 1. The summed E-state index contributed by atoms with van der Waals surface area (Å²) >= 11 is 0. The van der Waals surface area contributed by atoms with Gasteiger partial charge < -0.3 is 24.4 Å². The molecule has 0 bridgehead atoms. The van der Waals surface area contributed by atoms with Gasteiger partial charge in [0.05, 0.1) is 13.7 Å². The summed E-state index contributed by atoms with van der Waals surface area (Å²) in [7, 11) is 1.31. The van der Waals surface area contributed by atoms with Crippen molar-refractivity contribution in [3.63, 3.8) is 0 Å². The molecule has 2 unspecified atom stereocenters. The zero-order valence-corrected chi connectivity index (χ0v) is 21.5. The zero-order valence-electron chi connectivity index (χ0n) is 21.5. The Balaban J connectivity index is 1.27. The third-order valence-corrected chi connectivity index (χ3v) is 6.84. The fourth-order valence-corrected chi connectivity index (χ4v) is 4.87. The molecule has 0 aliphatic carbocycles. The number of para-hydroxylation sites is 1. The van der Waals surface area contributed by atoms with Gasteiger partial charge in [-0.3, -0.25) is 0 Å². The van der Waals surface area contributed by atoms with Crippen LogP contribution in [-0.2, 0) is 9.53 Å². The molecule has 38 heavy (non-hydrogen) atoms. The van der Waals surface area contributed by atoms with Crippen LogP contribution in [-0.4, -0.2) is 38.9 Å². The van der Waals surface area contributed by atoms with Crippen LogP contribution in [0.2, 0.25) is 0 Å². The highest BCUT2D eigenvalue weighted by Crippen LogP contribution is 2.41. The van der Waals surface area contributed by atoms with Crippen LogP contribution in [0.4, 0.5) is 15.8 Å². The minimum Gasteiger partial charge on any atom is -0.486 e. The molecule has 1 heterocycles. The molecule has 4 aromatic rings. The molecule has 1 aliphatic rings. The second-order valence-electron chi connectivity index (χ2n) is 9.33. The molecular formula is C31H31FN2O4. The van der Waals surface area contributed by atoms with Gasteiger partial charge in [-0.15, -0.1) is 0 Å². The lowest BCUT2D eigenvalue weighted by Gasteiger charge is -2.36. The average Bonchev–Trinajstić information content (AvgIpc) is 2.95. The number of benzene rings is 4. The molecule has 0 aromatic heterocycles. The zero-order chi connectivity index (χ0) is 26.5. The Morgan fingerprint density at radius 2 is 1.82 bits per heavy atom. The molecule has 1 aliphatic heterocycles. The van der Waals surface area contributed by atoms with Crippen molar-refractivity contribution >= 4 is 28.1 Å². The lowest BCUT2D eigenvalue weighted by molar-refractivity contribution is -0.142. The molecule has 0 radical (unpaired) electrons. The van der Waals surface area contributed by atoms with E-state index < -0.39 is 5.97 Å². The van der Waals surface area contributed by atoms with Crippen molar-refractivity contribution in [2.45, 2.75) is 25.5 Å². The van der Waals surface area contributed by atoms with Crippen LogP contribution in [0.15, 0.2) is 84.9 Å². The van der Waals surface area contributed by atoms with Crippen molar-refractivity contribution in [2.75, 3.05) is 31.7 Å². The smallest absolute Gasteiger partial charge is 0.343 e. The van der Waals surface area contributed by atoms with Gasteiger partial charge in [-0.25, -0.2) is 9.18 Å². The topological polar surface area (TPSA) is 60.0 Å². The summed E-state index contributed by atoms with van der Waals surface area (Å²) in [6.45, 7) is 3.25. The van der Waals surface area contributed by atoms with Crippen LogP contribution in [0.25, 0.3) is 10.8 Å². The molecule has 0 fully saturated rings. The van der Waals surface area contributed by atoms with Crippen molar-refractivity contribution in [3.8, 4) is 11.5 Å². The number of rotatable bonds is 9. The minimum absolute atomic E-state index is 0.133. The van der Waals surface area contributed by atoms with Crippen LogP contribution in [0.1, 0.15) is 24.9 Å².